The smallest absolute Gasteiger partial charge is 0.426 e. The summed E-state index contributed by atoms with van der Waals surface area (Å²) in [5.74, 6) is -0.905. The maximum Gasteiger partial charge on any atom is 0.453 e. The quantitative estimate of drug-likeness (QED) is 0.429. The van der Waals surface area contributed by atoms with Gasteiger partial charge in [0.05, 0.1) is 5.92 Å². The zero-order valence-electron chi connectivity index (χ0n) is 14.9. The third-order valence-electron chi connectivity index (χ3n) is 4.69. The molecule has 4 rings (SSSR count). The van der Waals surface area contributed by atoms with Gasteiger partial charge in [0.1, 0.15) is 11.6 Å². The summed E-state index contributed by atoms with van der Waals surface area (Å²) < 4.78 is 46.1. The molecule has 0 amide bonds. The van der Waals surface area contributed by atoms with Crippen LogP contribution in [0.3, 0.4) is 0 Å². The highest BCUT2D eigenvalue weighted by Gasteiger charge is 2.38. The number of benzene rings is 1. The number of piperidine rings is 1. The lowest BCUT2D eigenvalue weighted by Gasteiger charge is -2.31. The van der Waals surface area contributed by atoms with E-state index >= 15 is 0 Å². The number of alkyl halides is 3. The maximum atomic E-state index is 13.0. The average molecular weight is 470 g/mol. The van der Waals surface area contributed by atoms with Gasteiger partial charge in [0.2, 0.25) is 0 Å². The summed E-state index contributed by atoms with van der Waals surface area (Å²) in [5, 5.41) is 10.7. The van der Waals surface area contributed by atoms with Crippen LogP contribution >= 0.6 is 15.9 Å². The fourth-order valence-corrected chi connectivity index (χ4v) is 3.44. The van der Waals surface area contributed by atoms with E-state index in [-0.39, 0.29) is 17.5 Å². The summed E-state index contributed by atoms with van der Waals surface area (Å²) in [4.78, 5) is 14.2. The summed E-state index contributed by atoms with van der Waals surface area (Å²) in [6, 6.07) is 10.0. The molecule has 3 aromatic rings. The highest BCUT2D eigenvalue weighted by Crippen LogP contribution is 2.29. The Morgan fingerprint density at radius 1 is 1.07 bits per heavy atom. The fraction of sp³-hybridized carbons (Fsp3) is 0.333. The minimum absolute atomic E-state index is 0.0223. The number of rotatable bonds is 3. The van der Waals surface area contributed by atoms with Crippen molar-refractivity contribution < 1.29 is 22.7 Å². The van der Waals surface area contributed by atoms with Gasteiger partial charge in [0, 0.05) is 17.6 Å². The molecule has 1 aliphatic heterocycles. The molecule has 152 valence electrons. The summed E-state index contributed by atoms with van der Waals surface area (Å²) >= 11 is 3.32. The lowest BCUT2D eigenvalue weighted by molar-refractivity contribution is -0.146. The third kappa shape index (κ3) is 4.19. The number of aromatic nitrogens is 4. The van der Waals surface area contributed by atoms with Crippen molar-refractivity contribution in [3.63, 3.8) is 0 Å². The van der Waals surface area contributed by atoms with E-state index < -0.39 is 12.0 Å². The van der Waals surface area contributed by atoms with Crippen LogP contribution in [0.25, 0.3) is 5.65 Å². The molecule has 3 heterocycles. The molecular formula is C18H15BrF3N5O2. The van der Waals surface area contributed by atoms with Crippen molar-refractivity contribution in [3.05, 3.63) is 46.7 Å². The molecule has 0 saturated carbocycles. The number of hydrogen-bond donors (Lipinski definition) is 0. The van der Waals surface area contributed by atoms with Crippen LogP contribution in [0.4, 0.5) is 19.0 Å². The Labute approximate surface area is 171 Å². The number of carbonyl (C=O) groups excluding carboxylic acids is 1. The van der Waals surface area contributed by atoms with E-state index in [0.717, 1.165) is 4.47 Å². The van der Waals surface area contributed by atoms with Gasteiger partial charge in [-0.15, -0.1) is 15.3 Å². The van der Waals surface area contributed by atoms with Gasteiger partial charge in [-0.1, -0.05) is 15.9 Å². The molecule has 0 bridgehead atoms. The van der Waals surface area contributed by atoms with E-state index in [1.807, 2.05) is 4.90 Å². The number of fused-ring (bicyclic) bond motifs is 1. The number of anilines is 1. The molecule has 0 spiro atoms. The van der Waals surface area contributed by atoms with Crippen LogP contribution in [-0.4, -0.2) is 38.9 Å². The van der Waals surface area contributed by atoms with Crippen LogP contribution in [0.1, 0.15) is 18.7 Å². The lowest BCUT2D eigenvalue weighted by Crippen LogP contribution is -2.38. The highest BCUT2D eigenvalue weighted by molar-refractivity contribution is 9.10. The molecule has 0 atom stereocenters. The second-order valence-electron chi connectivity index (χ2n) is 6.62. The Kier molecular flexibility index (Phi) is 5.15. The van der Waals surface area contributed by atoms with E-state index in [4.69, 9.17) is 4.74 Å². The van der Waals surface area contributed by atoms with Crippen LogP contribution in [-0.2, 0) is 11.0 Å². The predicted octanol–water partition coefficient (Wildman–Crippen LogP) is 3.73. The highest BCUT2D eigenvalue weighted by atomic mass is 79.9. The molecule has 29 heavy (non-hydrogen) atoms. The molecule has 1 saturated heterocycles. The van der Waals surface area contributed by atoms with Crippen LogP contribution in [0, 0.1) is 5.92 Å². The van der Waals surface area contributed by atoms with Gasteiger partial charge >= 0.3 is 12.1 Å². The number of carbonyl (C=O) groups is 1. The van der Waals surface area contributed by atoms with Gasteiger partial charge in [-0.2, -0.15) is 17.7 Å². The molecule has 1 aliphatic rings. The van der Waals surface area contributed by atoms with Crippen molar-refractivity contribution in [2.24, 2.45) is 5.92 Å². The lowest BCUT2D eigenvalue weighted by atomic mass is 9.97. The van der Waals surface area contributed by atoms with Crippen LogP contribution < -0.4 is 9.64 Å². The number of nitrogens with zero attached hydrogens (tertiary/aromatic N) is 5. The van der Waals surface area contributed by atoms with Crippen molar-refractivity contribution >= 4 is 33.4 Å². The van der Waals surface area contributed by atoms with Crippen molar-refractivity contribution in [1.82, 2.24) is 19.8 Å². The van der Waals surface area contributed by atoms with E-state index in [2.05, 4.69) is 31.2 Å². The van der Waals surface area contributed by atoms with Gasteiger partial charge in [0.25, 0.3) is 5.82 Å². The van der Waals surface area contributed by atoms with E-state index in [9.17, 15) is 18.0 Å². The zero-order valence-corrected chi connectivity index (χ0v) is 16.5. The second-order valence-corrected chi connectivity index (χ2v) is 7.53. The van der Waals surface area contributed by atoms with E-state index in [1.54, 1.807) is 30.3 Å². The molecule has 2 aromatic heterocycles. The number of halogens is 4. The largest absolute Gasteiger partial charge is 0.453 e. The first-order valence-corrected chi connectivity index (χ1v) is 9.62. The van der Waals surface area contributed by atoms with Gasteiger partial charge in [-0.25, -0.2) is 0 Å². The van der Waals surface area contributed by atoms with Crippen molar-refractivity contribution in [1.29, 1.82) is 0 Å². The minimum Gasteiger partial charge on any atom is -0.426 e. The van der Waals surface area contributed by atoms with Crippen LogP contribution in [0.5, 0.6) is 5.75 Å². The molecule has 0 unspecified atom stereocenters. The molecule has 11 heteroatoms. The Morgan fingerprint density at radius 2 is 1.76 bits per heavy atom. The monoisotopic (exact) mass is 469 g/mol. The van der Waals surface area contributed by atoms with Gasteiger partial charge in [0.15, 0.2) is 5.65 Å². The van der Waals surface area contributed by atoms with Crippen molar-refractivity contribution in [2.45, 2.75) is 19.0 Å². The number of hydrogen-bond acceptors (Lipinski definition) is 6. The maximum absolute atomic E-state index is 13.0. The summed E-state index contributed by atoms with van der Waals surface area (Å²) in [6.45, 7) is 0.949. The molecule has 1 aromatic carbocycles. The Bertz CT molecular complexity index is 1030. The molecule has 1 fully saturated rings. The molecular weight excluding hydrogens is 455 g/mol. The molecule has 7 nitrogen and oxygen atoms in total. The minimum atomic E-state index is -4.64. The standard InChI is InChI=1S/C18H15BrF3N5O2/c19-12-1-3-13(4-2-12)29-16(28)11-7-9-26(10-8-11)15-6-5-14-23-24-17(18(20,21)22)27(14)25-15/h1-6,11H,7-10H2. The molecule has 0 radical (unpaired) electrons. The first kappa shape index (κ1) is 19.6. The Balaban J connectivity index is 1.42. The van der Waals surface area contributed by atoms with Crippen LogP contribution in [0.15, 0.2) is 40.9 Å². The van der Waals surface area contributed by atoms with Crippen LogP contribution in [0.2, 0.25) is 0 Å². The van der Waals surface area contributed by atoms with Gasteiger partial charge < -0.3 is 9.64 Å². The number of esters is 1. The molecule has 0 N–H and O–H groups in total. The van der Waals surface area contributed by atoms with E-state index in [0.29, 0.717) is 42.0 Å². The first-order valence-electron chi connectivity index (χ1n) is 8.83. The number of ether oxygens (including phenoxy) is 1. The third-order valence-corrected chi connectivity index (χ3v) is 5.22. The summed E-state index contributed by atoms with van der Waals surface area (Å²) in [6.07, 6.45) is -3.61. The zero-order chi connectivity index (χ0) is 20.6. The topological polar surface area (TPSA) is 72.6 Å². The normalized spacial score (nSPS) is 15.7. The Morgan fingerprint density at radius 3 is 2.41 bits per heavy atom. The Hall–Kier alpha value is -2.69. The SMILES string of the molecule is O=C(Oc1ccc(Br)cc1)C1CCN(c2ccc3nnc(C(F)(F)F)n3n2)CC1. The van der Waals surface area contributed by atoms with Gasteiger partial charge in [-0.3, -0.25) is 4.79 Å². The second kappa shape index (κ2) is 7.62. The van der Waals surface area contributed by atoms with E-state index in [1.165, 1.54) is 6.07 Å². The van der Waals surface area contributed by atoms with Crippen molar-refractivity contribution in [2.75, 3.05) is 18.0 Å². The predicted molar refractivity (Wildman–Crippen MR) is 100 cm³/mol. The average Bonchev–Trinajstić information content (AvgIpc) is 3.13. The van der Waals surface area contributed by atoms with Gasteiger partial charge in [-0.05, 0) is 49.2 Å². The summed E-state index contributed by atoms with van der Waals surface area (Å²) in [5.41, 5.74) is 0.0223. The first-order chi connectivity index (χ1) is 13.8. The molecule has 0 aliphatic carbocycles. The van der Waals surface area contributed by atoms with Crippen molar-refractivity contribution in [3.8, 4) is 5.75 Å². The fourth-order valence-electron chi connectivity index (χ4n) is 3.17. The summed E-state index contributed by atoms with van der Waals surface area (Å²) in [7, 11) is 0.